The van der Waals surface area contributed by atoms with E-state index in [2.05, 4.69) is 26.6 Å². The van der Waals surface area contributed by atoms with Crippen molar-refractivity contribution in [2.75, 3.05) is 6.61 Å². The van der Waals surface area contributed by atoms with Crippen LogP contribution in [0.4, 0.5) is 0 Å². The zero-order valence-electron chi connectivity index (χ0n) is 28.3. The minimum Gasteiger partial charge on any atom is -0.396 e. The summed E-state index contributed by atoms with van der Waals surface area (Å²) in [6.45, 7) is 17.3. The molecule has 0 aliphatic carbocycles. The van der Waals surface area contributed by atoms with E-state index >= 15 is 0 Å². The minimum atomic E-state index is -1.29. The fourth-order valence-corrected chi connectivity index (χ4v) is 4.78. The maximum Gasteiger partial charge on any atom is 0.243 e. The quantitative estimate of drug-likeness (QED) is 0.0941. The lowest BCUT2D eigenvalue weighted by atomic mass is 9.95. The van der Waals surface area contributed by atoms with Crippen LogP contribution >= 0.6 is 0 Å². The molecule has 0 heterocycles. The standard InChI is InChI=1S/C31H59N5O8/c1-16(2)13-22(24(39)11-12-37)34-29(42)20(9)32-26(41)15-25(40)23(14-17(3)4)35-30(43)28(19(7)8)36-31(44)27(18(5)6)33-21(10)38/h16-20,22-25,27-28,37,39-40H,11-15H2,1-10H3,(H,32,41)(H,33,38)(H,34,42)(H,35,43)(H,36,44)/t20-,22-,23-,24-,25-,27-,28-/m0/s1. The molecule has 5 amide bonds. The van der Waals surface area contributed by atoms with Crippen LogP contribution in [0.1, 0.15) is 94.9 Å². The molecule has 256 valence electrons. The van der Waals surface area contributed by atoms with Crippen LogP contribution in [0.25, 0.3) is 0 Å². The average Bonchev–Trinajstić information content (AvgIpc) is 2.88. The Morgan fingerprint density at radius 2 is 1.02 bits per heavy atom. The SMILES string of the molecule is CC(=O)N[C@H](C(=O)N[C@H](C(=O)N[C@@H](CC(C)C)[C@@H](O)CC(=O)N[C@@H](C)C(=O)N[C@@H](CC(C)C)[C@@H](O)CCO)C(C)C)C(C)C. The molecule has 0 saturated carbocycles. The highest BCUT2D eigenvalue weighted by atomic mass is 16.3. The summed E-state index contributed by atoms with van der Waals surface area (Å²) in [6, 6.07) is -4.19. The monoisotopic (exact) mass is 629 g/mol. The Morgan fingerprint density at radius 1 is 0.591 bits per heavy atom. The lowest BCUT2D eigenvalue weighted by Crippen LogP contribution is -2.59. The van der Waals surface area contributed by atoms with Crippen molar-refractivity contribution in [2.45, 2.75) is 137 Å². The van der Waals surface area contributed by atoms with Crippen LogP contribution < -0.4 is 26.6 Å². The first-order chi connectivity index (χ1) is 20.3. The molecule has 13 nitrogen and oxygen atoms in total. The number of rotatable bonds is 20. The van der Waals surface area contributed by atoms with Gasteiger partial charge in [-0.15, -0.1) is 0 Å². The Kier molecular flexibility index (Phi) is 19.0. The number of hydrogen-bond donors (Lipinski definition) is 8. The molecule has 0 aromatic heterocycles. The van der Waals surface area contributed by atoms with Crippen molar-refractivity contribution in [1.29, 1.82) is 0 Å². The number of nitrogens with one attached hydrogen (secondary N) is 5. The summed E-state index contributed by atoms with van der Waals surface area (Å²) in [5.41, 5.74) is 0. The maximum atomic E-state index is 13.4. The van der Waals surface area contributed by atoms with E-state index in [0.717, 1.165) is 0 Å². The van der Waals surface area contributed by atoms with Gasteiger partial charge in [-0.2, -0.15) is 0 Å². The molecule has 0 radical (unpaired) electrons. The summed E-state index contributed by atoms with van der Waals surface area (Å²) >= 11 is 0. The Morgan fingerprint density at radius 3 is 1.45 bits per heavy atom. The Balaban J connectivity index is 5.51. The fourth-order valence-electron chi connectivity index (χ4n) is 4.78. The van der Waals surface area contributed by atoms with Gasteiger partial charge in [-0.05, 0) is 49.9 Å². The number of carbonyl (C=O) groups is 5. The molecule has 7 atom stereocenters. The van der Waals surface area contributed by atoms with Gasteiger partial charge in [-0.3, -0.25) is 24.0 Å². The molecule has 0 aromatic rings. The van der Waals surface area contributed by atoms with E-state index in [1.54, 1.807) is 27.7 Å². The van der Waals surface area contributed by atoms with Gasteiger partial charge in [0.25, 0.3) is 0 Å². The van der Waals surface area contributed by atoms with Crippen LogP contribution in [0.3, 0.4) is 0 Å². The Labute approximate surface area is 263 Å². The van der Waals surface area contributed by atoms with Crippen molar-refractivity contribution in [3.63, 3.8) is 0 Å². The van der Waals surface area contributed by atoms with E-state index in [-0.39, 0.29) is 42.6 Å². The van der Waals surface area contributed by atoms with Gasteiger partial charge in [0.05, 0.1) is 30.7 Å². The molecule has 8 N–H and O–H groups in total. The van der Waals surface area contributed by atoms with Crippen LogP contribution in [0, 0.1) is 23.7 Å². The van der Waals surface area contributed by atoms with Crippen molar-refractivity contribution in [2.24, 2.45) is 23.7 Å². The van der Waals surface area contributed by atoms with Crippen LogP contribution in [0.5, 0.6) is 0 Å². The molecule has 0 aromatic carbocycles. The van der Waals surface area contributed by atoms with E-state index in [4.69, 9.17) is 0 Å². The zero-order valence-corrected chi connectivity index (χ0v) is 28.3. The van der Waals surface area contributed by atoms with Gasteiger partial charge in [-0.25, -0.2) is 0 Å². The molecular formula is C31H59N5O8. The summed E-state index contributed by atoms with van der Waals surface area (Å²) in [4.78, 5) is 63.5. The number of aliphatic hydroxyl groups excluding tert-OH is 3. The summed E-state index contributed by atoms with van der Waals surface area (Å²) in [5, 5.41) is 43.9. The van der Waals surface area contributed by atoms with Crippen LogP contribution in [-0.2, 0) is 24.0 Å². The highest BCUT2D eigenvalue weighted by Gasteiger charge is 2.33. The summed E-state index contributed by atoms with van der Waals surface area (Å²) in [5.74, 6) is -2.86. The lowest BCUT2D eigenvalue weighted by molar-refractivity contribution is -0.134. The van der Waals surface area contributed by atoms with Crippen LogP contribution in [-0.4, -0.2) is 93.9 Å². The molecule has 0 unspecified atom stereocenters. The third-order valence-electron chi connectivity index (χ3n) is 7.18. The van der Waals surface area contributed by atoms with E-state index in [0.29, 0.717) is 12.8 Å². The smallest absolute Gasteiger partial charge is 0.243 e. The molecule has 13 heteroatoms. The average molecular weight is 630 g/mol. The first kappa shape index (κ1) is 41.2. The topological polar surface area (TPSA) is 206 Å². The van der Waals surface area contributed by atoms with Gasteiger partial charge < -0.3 is 41.9 Å². The van der Waals surface area contributed by atoms with Crippen molar-refractivity contribution in [1.82, 2.24) is 26.6 Å². The molecule has 44 heavy (non-hydrogen) atoms. The molecule has 0 aliphatic rings. The number of amides is 5. The molecular weight excluding hydrogens is 570 g/mol. The van der Waals surface area contributed by atoms with Crippen molar-refractivity contribution in [3.8, 4) is 0 Å². The van der Waals surface area contributed by atoms with E-state index in [1.807, 2.05) is 27.7 Å². The highest BCUT2D eigenvalue weighted by Crippen LogP contribution is 2.14. The maximum absolute atomic E-state index is 13.4. The van der Waals surface area contributed by atoms with E-state index in [1.165, 1.54) is 13.8 Å². The van der Waals surface area contributed by atoms with Crippen LogP contribution in [0.2, 0.25) is 0 Å². The van der Waals surface area contributed by atoms with Gasteiger partial charge >= 0.3 is 0 Å². The molecule has 0 saturated heterocycles. The van der Waals surface area contributed by atoms with E-state index < -0.39 is 72.5 Å². The van der Waals surface area contributed by atoms with Gasteiger partial charge in [0.1, 0.15) is 18.1 Å². The number of carbonyl (C=O) groups excluding carboxylic acids is 5. The first-order valence-corrected chi connectivity index (χ1v) is 15.7. The van der Waals surface area contributed by atoms with Gasteiger partial charge in [0.2, 0.25) is 29.5 Å². The van der Waals surface area contributed by atoms with Gasteiger partial charge in [0.15, 0.2) is 0 Å². The van der Waals surface area contributed by atoms with Crippen molar-refractivity contribution >= 4 is 29.5 Å². The van der Waals surface area contributed by atoms with E-state index in [9.17, 15) is 39.3 Å². The second-order valence-electron chi connectivity index (χ2n) is 13.3. The number of hydrogen-bond acceptors (Lipinski definition) is 8. The normalized spacial score (nSPS) is 16.5. The third-order valence-corrected chi connectivity index (χ3v) is 7.18. The minimum absolute atomic E-state index is 0.0446. The second kappa shape index (κ2) is 20.3. The highest BCUT2D eigenvalue weighted by molar-refractivity contribution is 5.92. The summed E-state index contributed by atoms with van der Waals surface area (Å²) in [6.07, 6.45) is -1.71. The summed E-state index contributed by atoms with van der Waals surface area (Å²) in [7, 11) is 0. The first-order valence-electron chi connectivity index (χ1n) is 15.7. The lowest BCUT2D eigenvalue weighted by Gasteiger charge is -2.31. The predicted molar refractivity (Wildman–Crippen MR) is 168 cm³/mol. The zero-order chi connectivity index (χ0) is 34.3. The summed E-state index contributed by atoms with van der Waals surface area (Å²) < 4.78 is 0. The van der Waals surface area contributed by atoms with Crippen molar-refractivity contribution in [3.05, 3.63) is 0 Å². The molecule has 0 bridgehead atoms. The van der Waals surface area contributed by atoms with Crippen molar-refractivity contribution < 1.29 is 39.3 Å². The van der Waals surface area contributed by atoms with Gasteiger partial charge in [0, 0.05) is 13.5 Å². The Bertz CT molecular complexity index is 927. The predicted octanol–water partition coefficient (Wildman–Crippen LogP) is 0.349. The molecule has 0 rings (SSSR count). The second-order valence-corrected chi connectivity index (χ2v) is 13.3. The molecule has 0 fully saturated rings. The molecule has 0 aliphatic heterocycles. The molecule has 0 spiro atoms. The largest absolute Gasteiger partial charge is 0.396 e. The third kappa shape index (κ3) is 15.8. The Hall–Kier alpha value is -2.77. The number of aliphatic hydroxyl groups is 3. The fraction of sp³-hybridized carbons (Fsp3) is 0.839. The van der Waals surface area contributed by atoms with Crippen LogP contribution in [0.15, 0.2) is 0 Å². The van der Waals surface area contributed by atoms with Gasteiger partial charge in [-0.1, -0.05) is 55.4 Å².